The number of ketones is 1. The minimum Gasteiger partial charge on any atom is -0.461 e. The molecule has 2 N–H and O–H groups in total. The molecule has 0 unspecified atom stereocenters. The summed E-state index contributed by atoms with van der Waals surface area (Å²) < 4.78 is 4.96. The van der Waals surface area contributed by atoms with Crippen molar-refractivity contribution in [3.05, 3.63) is 22.5 Å². The lowest BCUT2D eigenvalue weighted by Gasteiger charge is -2.04. The predicted octanol–water partition coefficient (Wildman–Crippen LogP) is 1.99. The lowest BCUT2D eigenvalue weighted by molar-refractivity contribution is 0.0519. The minimum atomic E-state index is -0.413. The quantitative estimate of drug-likeness (QED) is 0.450. The van der Waals surface area contributed by atoms with Gasteiger partial charge in [-0.2, -0.15) is 0 Å². The number of esters is 1. The largest absolute Gasteiger partial charge is 0.461 e. The summed E-state index contributed by atoms with van der Waals surface area (Å²) in [6.07, 6.45) is 0.979. The Balaban J connectivity index is 2.90. The van der Waals surface area contributed by atoms with Crippen LogP contribution < -0.4 is 5.32 Å². The number of aromatic nitrogens is 1. The second-order valence-electron chi connectivity index (χ2n) is 4.45. The summed E-state index contributed by atoms with van der Waals surface area (Å²) in [6.45, 7) is 8.77. The molecule has 1 rings (SSSR count). The normalized spacial score (nSPS) is 10.5. The van der Waals surface area contributed by atoms with Crippen molar-refractivity contribution in [1.82, 2.24) is 10.3 Å². The van der Waals surface area contributed by atoms with E-state index < -0.39 is 5.97 Å². The second-order valence-corrected chi connectivity index (χ2v) is 4.45. The van der Waals surface area contributed by atoms with Crippen molar-refractivity contribution in [2.24, 2.45) is 0 Å². The van der Waals surface area contributed by atoms with Gasteiger partial charge in [0, 0.05) is 11.3 Å². The summed E-state index contributed by atoms with van der Waals surface area (Å²) in [7, 11) is 0. The zero-order chi connectivity index (χ0) is 14.4. The first-order chi connectivity index (χ1) is 9.02. The third kappa shape index (κ3) is 3.67. The van der Waals surface area contributed by atoms with Crippen LogP contribution in [0.15, 0.2) is 0 Å². The summed E-state index contributed by atoms with van der Waals surface area (Å²) in [6, 6.07) is 0. The van der Waals surface area contributed by atoms with Crippen LogP contribution in [-0.4, -0.2) is 36.4 Å². The monoisotopic (exact) mass is 266 g/mol. The van der Waals surface area contributed by atoms with Crippen LogP contribution in [0, 0.1) is 13.8 Å². The number of hydrogen-bond acceptors (Lipinski definition) is 4. The van der Waals surface area contributed by atoms with Crippen molar-refractivity contribution in [1.29, 1.82) is 0 Å². The van der Waals surface area contributed by atoms with Gasteiger partial charge in [-0.1, -0.05) is 6.92 Å². The average molecular weight is 266 g/mol. The molecule has 0 amide bonds. The van der Waals surface area contributed by atoms with Gasteiger partial charge in [0.15, 0.2) is 5.78 Å². The van der Waals surface area contributed by atoms with Crippen molar-refractivity contribution in [2.75, 3.05) is 19.7 Å². The molecule has 0 fully saturated rings. The Morgan fingerprint density at radius 2 is 1.95 bits per heavy atom. The van der Waals surface area contributed by atoms with Crippen LogP contribution in [0.2, 0.25) is 0 Å². The molecule has 0 spiro atoms. The molecule has 0 radical (unpaired) electrons. The minimum absolute atomic E-state index is 0.00440. The van der Waals surface area contributed by atoms with E-state index >= 15 is 0 Å². The molecule has 0 aromatic carbocycles. The Bertz CT molecular complexity index is 464. The highest BCUT2D eigenvalue weighted by Crippen LogP contribution is 2.19. The molecule has 19 heavy (non-hydrogen) atoms. The highest BCUT2D eigenvalue weighted by molar-refractivity contribution is 6.03. The van der Waals surface area contributed by atoms with Gasteiger partial charge in [0.2, 0.25) is 0 Å². The fourth-order valence-corrected chi connectivity index (χ4v) is 2.04. The summed E-state index contributed by atoms with van der Waals surface area (Å²) in [5, 5.41) is 3.07. The molecule has 0 aliphatic carbocycles. The first kappa shape index (κ1) is 15.4. The van der Waals surface area contributed by atoms with Crippen molar-refractivity contribution in [2.45, 2.75) is 34.1 Å². The van der Waals surface area contributed by atoms with Gasteiger partial charge in [-0.15, -0.1) is 0 Å². The Labute approximate surface area is 113 Å². The molecule has 0 aliphatic rings. The van der Waals surface area contributed by atoms with E-state index in [-0.39, 0.29) is 12.3 Å². The number of rotatable bonds is 7. The van der Waals surface area contributed by atoms with Crippen LogP contribution in [0.1, 0.15) is 52.4 Å². The summed E-state index contributed by atoms with van der Waals surface area (Å²) in [5.74, 6) is -0.418. The standard InChI is InChI=1S/C14H22N2O3/c1-5-7-15-8-11(17)12-9(3)13(16-10(12)4)14(18)19-6-2/h15-16H,5-8H2,1-4H3. The molecule has 5 nitrogen and oxygen atoms in total. The second kappa shape index (κ2) is 7.09. The molecule has 5 heteroatoms. The number of H-pyrrole nitrogens is 1. The number of carbonyl (C=O) groups is 2. The van der Waals surface area contributed by atoms with E-state index in [4.69, 9.17) is 4.74 Å². The zero-order valence-corrected chi connectivity index (χ0v) is 12.1. The Kier molecular flexibility index (Phi) is 5.76. The number of aromatic amines is 1. The Hall–Kier alpha value is -1.62. The zero-order valence-electron chi connectivity index (χ0n) is 12.1. The van der Waals surface area contributed by atoms with Crippen molar-refractivity contribution < 1.29 is 14.3 Å². The van der Waals surface area contributed by atoms with Gasteiger partial charge in [0.05, 0.1) is 13.2 Å². The first-order valence-corrected chi connectivity index (χ1v) is 6.63. The van der Waals surface area contributed by atoms with E-state index in [1.807, 2.05) is 6.92 Å². The van der Waals surface area contributed by atoms with Crippen LogP contribution in [0.25, 0.3) is 0 Å². The lowest BCUT2D eigenvalue weighted by atomic mass is 10.1. The van der Waals surface area contributed by atoms with Gasteiger partial charge in [0.25, 0.3) is 0 Å². The van der Waals surface area contributed by atoms with E-state index in [0.29, 0.717) is 29.1 Å². The summed E-state index contributed by atoms with van der Waals surface area (Å²) >= 11 is 0. The Morgan fingerprint density at radius 3 is 2.53 bits per heavy atom. The van der Waals surface area contributed by atoms with Gasteiger partial charge in [-0.3, -0.25) is 4.79 Å². The molecular formula is C14H22N2O3. The molecule has 0 saturated carbocycles. The van der Waals surface area contributed by atoms with Crippen LogP contribution in [0.4, 0.5) is 0 Å². The fraction of sp³-hybridized carbons (Fsp3) is 0.571. The molecular weight excluding hydrogens is 244 g/mol. The fourth-order valence-electron chi connectivity index (χ4n) is 2.04. The number of hydrogen-bond donors (Lipinski definition) is 2. The van der Waals surface area contributed by atoms with Gasteiger partial charge in [0.1, 0.15) is 5.69 Å². The smallest absolute Gasteiger partial charge is 0.355 e. The summed E-state index contributed by atoms with van der Waals surface area (Å²) in [5.41, 5.74) is 2.34. The number of carbonyl (C=O) groups excluding carboxylic acids is 2. The van der Waals surface area contributed by atoms with E-state index in [1.54, 1.807) is 20.8 Å². The van der Waals surface area contributed by atoms with Crippen molar-refractivity contribution >= 4 is 11.8 Å². The lowest BCUT2D eigenvalue weighted by Crippen LogP contribution is -2.24. The van der Waals surface area contributed by atoms with E-state index in [1.165, 1.54) is 0 Å². The first-order valence-electron chi connectivity index (χ1n) is 6.63. The van der Waals surface area contributed by atoms with E-state index in [2.05, 4.69) is 10.3 Å². The SMILES string of the molecule is CCCNCC(=O)c1c(C)[nH]c(C(=O)OCC)c1C. The van der Waals surface area contributed by atoms with Crippen molar-refractivity contribution in [3.63, 3.8) is 0 Å². The number of nitrogens with one attached hydrogen (secondary N) is 2. The third-order valence-corrected chi connectivity index (χ3v) is 2.91. The van der Waals surface area contributed by atoms with Crippen molar-refractivity contribution in [3.8, 4) is 0 Å². The van der Waals surface area contributed by atoms with Crippen LogP contribution in [0.3, 0.4) is 0 Å². The molecule has 0 bridgehead atoms. The number of aryl methyl sites for hydroxylation is 1. The molecule has 0 atom stereocenters. The third-order valence-electron chi connectivity index (χ3n) is 2.91. The highest BCUT2D eigenvalue weighted by Gasteiger charge is 2.22. The molecule has 1 aromatic rings. The average Bonchev–Trinajstić information content (AvgIpc) is 2.65. The maximum Gasteiger partial charge on any atom is 0.355 e. The maximum absolute atomic E-state index is 12.1. The van der Waals surface area contributed by atoms with Gasteiger partial charge in [-0.25, -0.2) is 4.79 Å². The van der Waals surface area contributed by atoms with E-state index in [9.17, 15) is 9.59 Å². The van der Waals surface area contributed by atoms with Crippen LogP contribution in [-0.2, 0) is 4.74 Å². The molecule has 106 valence electrons. The van der Waals surface area contributed by atoms with Gasteiger partial charge >= 0.3 is 5.97 Å². The van der Waals surface area contributed by atoms with E-state index in [0.717, 1.165) is 13.0 Å². The summed E-state index contributed by atoms with van der Waals surface area (Å²) in [4.78, 5) is 26.8. The topological polar surface area (TPSA) is 71.2 Å². The number of ether oxygens (including phenoxy) is 1. The molecule has 0 saturated heterocycles. The Morgan fingerprint density at radius 1 is 1.26 bits per heavy atom. The highest BCUT2D eigenvalue weighted by atomic mass is 16.5. The maximum atomic E-state index is 12.1. The molecule has 1 heterocycles. The van der Waals surface area contributed by atoms with Crippen LogP contribution >= 0.6 is 0 Å². The van der Waals surface area contributed by atoms with Gasteiger partial charge < -0.3 is 15.0 Å². The number of Topliss-reactive ketones (excluding diaryl/α,β-unsaturated/α-hetero) is 1. The van der Waals surface area contributed by atoms with Gasteiger partial charge in [-0.05, 0) is 39.3 Å². The molecule has 1 aromatic heterocycles. The predicted molar refractivity (Wildman–Crippen MR) is 73.7 cm³/mol. The molecule has 0 aliphatic heterocycles. The van der Waals surface area contributed by atoms with Crippen LogP contribution in [0.5, 0.6) is 0 Å².